The molecule has 0 aliphatic rings. The van der Waals surface area contributed by atoms with E-state index in [1.54, 1.807) is 0 Å². The van der Waals surface area contributed by atoms with E-state index < -0.39 is 0 Å². The maximum absolute atomic E-state index is 12.1. The predicted octanol–water partition coefficient (Wildman–Crippen LogP) is 6.09. The van der Waals surface area contributed by atoms with E-state index in [2.05, 4.69) is 36.4 Å². The van der Waals surface area contributed by atoms with Gasteiger partial charge in [-0.15, -0.1) is 0 Å². The average Bonchev–Trinajstić information content (AvgIpc) is 2.67. The monoisotopic (exact) mass is 326 g/mol. The lowest BCUT2D eigenvalue weighted by atomic mass is 9.91. The van der Waals surface area contributed by atoms with Gasteiger partial charge < -0.3 is 0 Å². The molecule has 114 valence electrons. The van der Waals surface area contributed by atoms with E-state index in [1.807, 2.05) is 54.6 Å². The highest BCUT2D eigenvalue weighted by molar-refractivity contribution is 7.35. The lowest BCUT2D eigenvalue weighted by Crippen LogP contribution is -2.03. The first-order valence-corrected chi connectivity index (χ1v) is 8.69. The highest BCUT2D eigenvalue weighted by Crippen LogP contribution is 2.36. The van der Waals surface area contributed by atoms with E-state index >= 15 is 0 Å². The van der Waals surface area contributed by atoms with E-state index in [0.717, 1.165) is 38.3 Å². The topological polar surface area (TPSA) is 17.1 Å². The van der Waals surface area contributed by atoms with Crippen LogP contribution in [-0.2, 0) is 4.57 Å². The van der Waals surface area contributed by atoms with Gasteiger partial charge in [-0.25, -0.2) is 0 Å². The van der Waals surface area contributed by atoms with Gasteiger partial charge in [0.25, 0.3) is 0 Å². The Bertz CT molecular complexity index is 1010. The smallest absolute Gasteiger partial charge is 0.193 e. The zero-order valence-corrected chi connectivity index (χ0v) is 13.9. The minimum absolute atomic E-state index is 0.0390. The molecular weight excluding hydrogens is 311 g/mol. The second-order valence-electron chi connectivity index (χ2n) is 5.69. The quantitative estimate of drug-likeness (QED) is 0.416. The van der Waals surface area contributed by atoms with Crippen LogP contribution in [0.2, 0.25) is 0 Å². The molecule has 0 bridgehead atoms. The van der Waals surface area contributed by atoms with E-state index in [4.69, 9.17) is 0 Å². The summed E-state index contributed by atoms with van der Waals surface area (Å²) in [6, 6.07) is 30.8. The molecule has 0 fully saturated rings. The first-order valence-electron chi connectivity index (χ1n) is 7.88. The maximum Gasteiger partial charge on any atom is 0.193 e. The van der Waals surface area contributed by atoms with E-state index in [0.29, 0.717) is 0 Å². The number of hydrogen-bond acceptors (Lipinski definition) is 1. The fourth-order valence-electron chi connectivity index (χ4n) is 3.17. The van der Waals surface area contributed by atoms with E-state index in [1.165, 1.54) is 0 Å². The van der Waals surface area contributed by atoms with Crippen molar-refractivity contribution in [3.8, 4) is 22.3 Å². The molecular formula is C22H15OP. The Kier molecular flexibility index (Phi) is 3.94. The fourth-order valence-corrected chi connectivity index (χ4v) is 3.81. The van der Waals surface area contributed by atoms with Gasteiger partial charge in [0.1, 0.15) is 0 Å². The van der Waals surface area contributed by atoms with Crippen LogP contribution in [0.15, 0.2) is 91.0 Å². The summed E-state index contributed by atoms with van der Waals surface area (Å²) >= 11 is 0. The zero-order chi connectivity index (χ0) is 16.4. The van der Waals surface area contributed by atoms with Crippen molar-refractivity contribution < 1.29 is 4.57 Å². The van der Waals surface area contributed by atoms with Crippen LogP contribution in [0.1, 0.15) is 0 Å². The van der Waals surface area contributed by atoms with Gasteiger partial charge in [-0.1, -0.05) is 84.9 Å². The van der Waals surface area contributed by atoms with Crippen LogP contribution in [-0.4, -0.2) is 0 Å². The molecule has 0 atom stereocenters. The van der Waals surface area contributed by atoms with Crippen molar-refractivity contribution >= 4 is 24.5 Å². The Morgan fingerprint density at radius 3 is 1.88 bits per heavy atom. The molecule has 0 radical (unpaired) electrons. The Balaban J connectivity index is 2.15. The van der Waals surface area contributed by atoms with Gasteiger partial charge >= 0.3 is 0 Å². The number of fused-ring (bicyclic) bond motifs is 1. The molecule has 1 nitrogen and oxygen atoms in total. The van der Waals surface area contributed by atoms with Crippen LogP contribution in [0.5, 0.6) is 0 Å². The van der Waals surface area contributed by atoms with Gasteiger partial charge in [0.2, 0.25) is 0 Å². The average molecular weight is 326 g/mol. The van der Waals surface area contributed by atoms with Crippen LogP contribution in [0.4, 0.5) is 0 Å². The third-order valence-corrected chi connectivity index (χ3v) is 4.91. The lowest BCUT2D eigenvalue weighted by molar-refractivity contribution is 0.603. The maximum atomic E-state index is 12.1. The lowest BCUT2D eigenvalue weighted by Gasteiger charge is -2.15. The summed E-state index contributed by atoms with van der Waals surface area (Å²) < 4.78 is 12.1. The molecule has 0 amide bonds. The van der Waals surface area contributed by atoms with Gasteiger partial charge in [0, 0.05) is 5.56 Å². The molecule has 0 aliphatic carbocycles. The first kappa shape index (κ1) is 14.8. The van der Waals surface area contributed by atoms with Crippen molar-refractivity contribution in [3.05, 3.63) is 91.0 Å². The molecule has 24 heavy (non-hydrogen) atoms. The van der Waals surface area contributed by atoms with Crippen LogP contribution < -0.4 is 5.30 Å². The van der Waals surface area contributed by atoms with Gasteiger partial charge in [-0.2, -0.15) is 0 Å². The molecule has 0 saturated carbocycles. The molecule has 0 spiro atoms. The van der Waals surface area contributed by atoms with Crippen LogP contribution in [0.3, 0.4) is 0 Å². The molecule has 4 rings (SSSR count). The largest absolute Gasteiger partial charge is 0.269 e. The number of benzene rings is 4. The second-order valence-corrected chi connectivity index (χ2v) is 6.32. The summed E-state index contributed by atoms with van der Waals surface area (Å²) in [5.41, 5.74) is 4.36. The molecule has 0 saturated heterocycles. The molecule has 0 aromatic heterocycles. The van der Waals surface area contributed by atoms with Crippen molar-refractivity contribution in [2.45, 2.75) is 0 Å². The summed E-state index contributed by atoms with van der Waals surface area (Å²) in [6.45, 7) is 0. The highest BCUT2D eigenvalue weighted by Gasteiger charge is 2.16. The highest BCUT2D eigenvalue weighted by atomic mass is 31.1. The van der Waals surface area contributed by atoms with Crippen molar-refractivity contribution in [2.75, 3.05) is 0 Å². The third kappa shape index (κ3) is 2.54. The summed E-state index contributed by atoms with van der Waals surface area (Å²) in [7, 11) is 0.0390. The van der Waals surface area contributed by atoms with Gasteiger partial charge in [-0.05, 0) is 33.5 Å². The zero-order valence-electron chi connectivity index (χ0n) is 13.0. The van der Waals surface area contributed by atoms with Gasteiger partial charge in [0.15, 0.2) is 8.46 Å². The van der Waals surface area contributed by atoms with Crippen LogP contribution in [0, 0.1) is 0 Å². The molecule has 4 aromatic carbocycles. The Hall–Kier alpha value is -2.76. The molecule has 2 heteroatoms. The summed E-state index contributed by atoms with van der Waals surface area (Å²) in [4.78, 5) is 0. The minimum atomic E-state index is 0.0390. The number of hydrogen-bond donors (Lipinski definition) is 0. The Morgan fingerprint density at radius 1 is 0.625 bits per heavy atom. The standard InChI is InChI=1S/C22H15OP/c23-24-22-19-14-8-7-13-18(19)15-20(16-9-3-1-4-10-16)21(22)17-11-5-2-6-12-17/h1-15H. The Labute approximate surface area is 142 Å². The first-order chi connectivity index (χ1) is 11.9. The summed E-state index contributed by atoms with van der Waals surface area (Å²) in [5.74, 6) is 0. The normalized spacial score (nSPS) is 11.0. The van der Waals surface area contributed by atoms with Crippen molar-refractivity contribution in [3.63, 3.8) is 0 Å². The van der Waals surface area contributed by atoms with Gasteiger partial charge in [0.05, 0.1) is 5.30 Å². The summed E-state index contributed by atoms with van der Waals surface area (Å²) in [6.07, 6.45) is 0. The molecule has 0 aliphatic heterocycles. The minimum Gasteiger partial charge on any atom is -0.269 e. The molecule has 0 unspecified atom stereocenters. The van der Waals surface area contributed by atoms with Crippen LogP contribution >= 0.6 is 8.46 Å². The van der Waals surface area contributed by atoms with Crippen molar-refractivity contribution in [1.29, 1.82) is 0 Å². The van der Waals surface area contributed by atoms with Crippen molar-refractivity contribution in [2.24, 2.45) is 0 Å². The van der Waals surface area contributed by atoms with Gasteiger partial charge in [-0.3, -0.25) is 4.57 Å². The fraction of sp³-hybridized carbons (Fsp3) is 0. The number of rotatable bonds is 3. The predicted molar refractivity (Wildman–Crippen MR) is 102 cm³/mol. The van der Waals surface area contributed by atoms with Crippen molar-refractivity contribution in [1.82, 2.24) is 0 Å². The summed E-state index contributed by atoms with van der Waals surface area (Å²) in [5, 5.41) is 2.99. The SMILES string of the molecule is O=Pc1c(-c2ccccc2)c(-c2ccccc2)cc2ccccc12. The van der Waals surface area contributed by atoms with E-state index in [-0.39, 0.29) is 8.46 Å². The molecule has 0 heterocycles. The van der Waals surface area contributed by atoms with Crippen LogP contribution in [0.25, 0.3) is 33.0 Å². The third-order valence-electron chi connectivity index (χ3n) is 4.26. The van der Waals surface area contributed by atoms with E-state index in [9.17, 15) is 4.57 Å². The Morgan fingerprint density at radius 2 is 1.21 bits per heavy atom. The molecule has 0 N–H and O–H groups in total. The second kappa shape index (κ2) is 6.39. The molecule has 4 aromatic rings.